The molecule has 80 valence electrons. The predicted octanol–water partition coefficient (Wildman–Crippen LogP) is 2.05. The summed E-state index contributed by atoms with van der Waals surface area (Å²) in [6, 6.07) is 7.48. The molecule has 0 aliphatic carbocycles. The summed E-state index contributed by atoms with van der Waals surface area (Å²) in [6.07, 6.45) is 0. The minimum absolute atomic E-state index is 0.0666. The number of hydrogen-bond acceptors (Lipinski definition) is 3. The van der Waals surface area contributed by atoms with E-state index in [2.05, 4.69) is 6.07 Å². The molecule has 0 aromatic heterocycles. The molecule has 0 saturated carbocycles. The number of rotatable bonds is 4. The van der Waals surface area contributed by atoms with Crippen LogP contribution in [0, 0.1) is 11.3 Å². The molecule has 0 amide bonds. The molecule has 0 aliphatic heterocycles. The highest BCUT2D eigenvalue weighted by atomic mass is 16.5. The Hall–Kier alpha value is -1.53. The van der Waals surface area contributed by atoms with Crippen LogP contribution < -0.4 is 4.74 Å². The van der Waals surface area contributed by atoms with Crippen LogP contribution in [0.15, 0.2) is 18.2 Å². The Bertz CT molecular complexity index is 368. The third kappa shape index (κ3) is 2.71. The summed E-state index contributed by atoms with van der Waals surface area (Å²) in [5.41, 5.74) is 1.52. The van der Waals surface area contributed by atoms with E-state index in [1.807, 2.05) is 26.0 Å². The van der Waals surface area contributed by atoms with E-state index in [1.165, 1.54) is 0 Å². The fourth-order valence-corrected chi connectivity index (χ4v) is 1.32. The molecule has 3 nitrogen and oxygen atoms in total. The Balaban J connectivity index is 3.05. The molecule has 1 aromatic carbocycles. The minimum Gasteiger partial charge on any atom is -0.492 e. The maximum absolute atomic E-state index is 9.03. The third-order valence-corrected chi connectivity index (χ3v) is 2.27. The van der Waals surface area contributed by atoms with Gasteiger partial charge in [-0.2, -0.15) is 5.26 Å². The van der Waals surface area contributed by atoms with Crippen molar-refractivity contribution in [1.29, 1.82) is 5.26 Å². The topological polar surface area (TPSA) is 53.2 Å². The number of aliphatic hydroxyl groups is 1. The average molecular weight is 205 g/mol. The van der Waals surface area contributed by atoms with Gasteiger partial charge in [0.1, 0.15) is 11.8 Å². The van der Waals surface area contributed by atoms with E-state index >= 15 is 0 Å². The molecule has 0 bridgehead atoms. The second-order valence-corrected chi connectivity index (χ2v) is 3.38. The summed E-state index contributed by atoms with van der Waals surface area (Å²) in [5, 5.41) is 17.9. The van der Waals surface area contributed by atoms with Crippen LogP contribution in [0.3, 0.4) is 0 Å². The highest BCUT2D eigenvalue weighted by molar-refractivity contribution is 5.46. The van der Waals surface area contributed by atoms with E-state index in [9.17, 15) is 0 Å². The molecular weight excluding hydrogens is 190 g/mol. The molecule has 1 rings (SSSR count). The van der Waals surface area contributed by atoms with Gasteiger partial charge in [0.2, 0.25) is 0 Å². The van der Waals surface area contributed by atoms with Gasteiger partial charge in [-0.15, -0.1) is 0 Å². The second-order valence-electron chi connectivity index (χ2n) is 3.38. The molecule has 3 heteroatoms. The molecule has 0 spiro atoms. The highest BCUT2D eigenvalue weighted by Crippen LogP contribution is 2.24. The first kappa shape index (κ1) is 11.5. The van der Waals surface area contributed by atoms with Gasteiger partial charge in [0.05, 0.1) is 12.2 Å². The van der Waals surface area contributed by atoms with Crippen LogP contribution in [-0.2, 0) is 0 Å². The minimum atomic E-state index is 0.0666. The smallest absolute Gasteiger partial charge is 0.137 e. The van der Waals surface area contributed by atoms with Crippen LogP contribution >= 0.6 is 0 Å². The zero-order valence-electron chi connectivity index (χ0n) is 9.03. The van der Waals surface area contributed by atoms with E-state index in [-0.39, 0.29) is 12.5 Å². The fourth-order valence-electron chi connectivity index (χ4n) is 1.32. The van der Waals surface area contributed by atoms with Crippen LogP contribution in [0.25, 0.3) is 0 Å². The van der Waals surface area contributed by atoms with E-state index in [4.69, 9.17) is 15.1 Å². The molecule has 1 unspecified atom stereocenters. The van der Waals surface area contributed by atoms with Gasteiger partial charge in [0.15, 0.2) is 0 Å². The first-order valence-electron chi connectivity index (χ1n) is 5.00. The van der Waals surface area contributed by atoms with Gasteiger partial charge >= 0.3 is 0 Å². The summed E-state index contributed by atoms with van der Waals surface area (Å²) < 4.78 is 5.36. The molecule has 1 aromatic rings. The fraction of sp³-hybridized carbons (Fsp3) is 0.417. The summed E-state index contributed by atoms with van der Waals surface area (Å²) in [7, 11) is 0. The van der Waals surface area contributed by atoms with Crippen molar-refractivity contribution in [3.63, 3.8) is 0 Å². The van der Waals surface area contributed by atoms with Crippen LogP contribution in [0.4, 0.5) is 0 Å². The second kappa shape index (κ2) is 5.38. The van der Waals surface area contributed by atoms with Gasteiger partial charge in [-0.3, -0.25) is 0 Å². The first-order valence-corrected chi connectivity index (χ1v) is 5.00. The summed E-state index contributed by atoms with van der Waals surface area (Å²) in [5.74, 6) is 0.662. The summed E-state index contributed by atoms with van der Waals surface area (Å²) in [4.78, 5) is 0. The Morgan fingerprint density at radius 2 is 2.27 bits per heavy atom. The number of aliphatic hydroxyl groups excluding tert-OH is 1. The molecule has 1 N–H and O–H groups in total. The van der Waals surface area contributed by atoms with E-state index in [0.717, 1.165) is 5.56 Å². The van der Waals surface area contributed by atoms with Crippen LogP contribution in [0.5, 0.6) is 5.75 Å². The number of nitrogens with zero attached hydrogens (tertiary/aromatic N) is 1. The van der Waals surface area contributed by atoms with Crippen molar-refractivity contribution in [2.75, 3.05) is 13.2 Å². The molecule has 0 fully saturated rings. The molecule has 1 atom stereocenters. The Labute approximate surface area is 89.9 Å². The van der Waals surface area contributed by atoms with Gasteiger partial charge in [0, 0.05) is 12.5 Å². The van der Waals surface area contributed by atoms with E-state index in [1.54, 1.807) is 6.07 Å². The van der Waals surface area contributed by atoms with E-state index in [0.29, 0.717) is 17.9 Å². The van der Waals surface area contributed by atoms with Crippen molar-refractivity contribution in [1.82, 2.24) is 0 Å². The number of nitriles is 1. The van der Waals surface area contributed by atoms with Crippen molar-refractivity contribution in [2.45, 2.75) is 19.8 Å². The molecule has 0 radical (unpaired) electrons. The number of ether oxygens (including phenoxy) is 1. The molecule has 15 heavy (non-hydrogen) atoms. The SMILES string of the molecule is CCOc1cc(C(C)CO)ccc1C#N. The number of benzene rings is 1. The summed E-state index contributed by atoms with van der Waals surface area (Å²) in [6.45, 7) is 4.43. The maximum Gasteiger partial charge on any atom is 0.137 e. The molecule has 0 aliphatic rings. The monoisotopic (exact) mass is 205 g/mol. The van der Waals surface area contributed by atoms with Crippen molar-refractivity contribution in [3.8, 4) is 11.8 Å². The van der Waals surface area contributed by atoms with Crippen molar-refractivity contribution < 1.29 is 9.84 Å². The lowest BCUT2D eigenvalue weighted by Crippen LogP contribution is -2.01. The van der Waals surface area contributed by atoms with Gasteiger partial charge in [-0.25, -0.2) is 0 Å². The van der Waals surface area contributed by atoms with Crippen molar-refractivity contribution in [3.05, 3.63) is 29.3 Å². The molecule has 0 heterocycles. The number of hydrogen-bond donors (Lipinski definition) is 1. The van der Waals surface area contributed by atoms with Gasteiger partial charge < -0.3 is 9.84 Å². The lowest BCUT2D eigenvalue weighted by Gasteiger charge is -2.11. The normalized spacial score (nSPS) is 11.9. The standard InChI is InChI=1S/C12H15NO2/c1-3-15-12-6-10(9(2)8-14)4-5-11(12)7-13/h4-6,9,14H,3,8H2,1-2H3. The summed E-state index contributed by atoms with van der Waals surface area (Å²) >= 11 is 0. The largest absolute Gasteiger partial charge is 0.492 e. The maximum atomic E-state index is 9.03. The lowest BCUT2D eigenvalue weighted by molar-refractivity contribution is 0.272. The Morgan fingerprint density at radius 1 is 1.53 bits per heavy atom. The zero-order valence-corrected chi connectivity index (χ0v) is 9.03. The Morgan fingerprint density at radius 3 is 2.80 bits per heavy atom. The van der Waals surface area contributed by atoms with Crippen molar-refractivity contribution >= 4 is 0 Å². The highest BCUT2D eigenvalue weighted by Gasteiger charge is 2.08. The van der Waals surface area contributed by atoms with Gasteiger partial charge in [-0.05, 0) is 24.6 Å². The zero-order chi connectivity index (χ0) is 11.3. The Kier molecular flexibility index (Phi) is 4.14. The first-order chi connectivity index (χ1) is 7.22. The van der Waals surface area contributed by atoms with Crippen molar-refractivity contribution in [2.24, 2.45) is 0 Å². The van der Waals surface area contributed by atoms with Crippen LogP contribution in [-0.4, -0.2) is 18.3 Å². The third-order valence-electron chi connectivity index (χ3n) is 2.27. The van der Waals surface area contributed by atoms with Gasteiger partial charge in [0.25, 0.3) is 0 Å². The van der Waals surface area contributed by atoms with Crippen LogP contribution in [0.2, 0.25) is 0 Å². The lowest BCUT2D eigenvalue weighted by atomic mass is 10.0. The van der Waals surface area contributed by atoms with E-state index < -0.39 is 0 Å². The predicted molar refractivity (Wildman–Crippen MR) is 57.8 cm³/mol. The molecule has 0 saturated heterocycles. The molecular formula is C12H15NO2. The quantitative estimate of drug-likeness (QED) is 0.818. The van der Waals surface area contributed by atoms with Gasteiger partial charge in [-0.1, -0.05) is 13.0 Å². The average Bonchev–Trinajstić information content (AvgIpc) is 2.28. The van der Waals surface area contributed by atoms with Crippen LogP contribution in [0.1, 0.15) is 30.9 Å².